The van der Waals surface area contributed by atoms with E-state index in [0.717, 1.165) is 49.7 Å². The third-order valence-corrected chi connectivity index (χ3v) is 8.63. The molecule has 2 fully saturated rings. The van der Waals surface area contributed by atoms with E-state index in [4.69, 9.17) is 4.74 Å². The van der Waals surface area contributed by atoms with Gasteiger partial charge in [0.15, 0.2) is 11.6 Å². The lowest BCUT2D eigenvalue weighted by Crippen LogP contribution is -2.50. The average Bonchev–Trinajstić information content (AvgIpc) is 2.92. The molecule has 0 spiro atoms. The van der Waals surface area contributed by atoms with Crippen molar-refractivity contribution in [2.45, 2.75) is 77.9 Å². The molecule has 6 atom stereocenters. The molecule has 4 aliphatic carbocycles. The van der Waals surface area contributed by atoms with Gasteiger partial charge >= 0.3 is 0 Å². The predicted octanol–water partition coefficient (Wildman–Crippen LogP) is 3.77. The highest BCUT2D eigenvalue weighted by molar-refractivity contribution is 5.94. The van der Waals surface area contributed by atoms with E-state index in [1.807, 2.05) is 6.92 Å². The number of aliphatic hydroxyl groups excluding tert-OH is 1. The van der Waals surface area contributed by atoms with Crippen LogP contribution in [0.4, 0.5) is 0 Å². The zero-order valence-corrected chi connectivity index (χ0v) is 17.0. The van der Waals surface area contributed by atoms with Crippen molar-refractivity contribution >= 4 is 11.6 Å². The summed E-state index contributed by atoms with van der Waals surface area (Å²) >= 11 is 0. The Morgan fingerprint density at radius 2 is 2.00 bits per heavy atom. The second-order valence-electron chi connectivity index (χ2n) is 9.58. The van der Waals surface area contributed by atoms with Crippen molar-refractivity contribution in [1.82, 2.24) is 0 Å². The Morgan fingerprint density at radius 3 is 2.70 bits per heavy atom. The lowest BCUT2D eigenvalue weighted by molar-refractivity contribution is -0.146. The van der Waals surface area contributed by atoms with Gasteiger partial charge in [-0.3, -0.25) is 9.59 Å². The van der Waals surface area contributed by atoms with Crippen LogP contribution >= 0.6 is 0 Å². The second kappa shape index (κ2) is 6.38. The van der Waals surface area contributed by atoms with Crippen molar-refractivity contribution in [3.05, 3.63) is 22.8 Å². The molecule has 4 rings (SSSR count). The van der Waals surface area contributed by atoms with Gasteiger partial charge in [0.1, 0.15) is 6.10 Å². The third kappa shape index (κ3) is 2.56. The van der Waals surface area contributed by atoms with Crippen LogP contribution < -0.4 is 0 Å². The first-order valence-corrected chi connectivity index (χ1v) is 10.4. The average molecular weight is 373 g/mol. The van der Waals surface area contributed by atoms with Gasteiger partial charge in [0.05, 0.1) is 6.10 Å². The summed E-state index contributed by atoms with van der Waals surface area (Å²) in [6.45, 7) is 6.34. The molecule has 4 heteroatoms. The fourth-order valence-corrected chi connectivity index (χ4v) is 6.83. The lowest BCUT2D eigenvalue weighted by Gasteiger charge is -2.52. The summed E-state index contributed by atoms with van der Waals surface area (Å²) in [5.74, 6) is 1.20. The molecule has 4 aliphatic rings. The molecule has 0 aromatic heterocycles. The standard InChI is InChI=1S/C23H32O4/c1-13(27-4)21(26)23(3)10-8-18-16-6-5-14-11-15(24)12-19(25)20(14)17(16)7-9-22(18,23)2/h11,13,16,18-19,25H,5-10,12H2,1-4H3/t13-,16?,18?,19-,22-,23+/m0/s1. The van der Waals surface area contributed by atoms with Gasteiger partial charge < -0.3 is 9.84 Å². The van der Waals surface area contributed by atoms with Crippen molar-refractivity contribution in [3.63, 3.8) is 0 Å². The summed E-state index contributed by atoms with van der Waals surface area (Å²) in [7, 11) is 1.62. The van der Waals surface area contributed by atoms with E-state index >= 15 is 0 Å². The highest BCUT2D eigenvalue weighted by atomic mass is 16.5. The number of Topliss-reactive ketones (excluding diaryl/α,β-unsaturated/α-hetero) is 1. The molecular weight excluding hydrogens is 340 g/mol. The maximum absolute atomic E-state index is 13.2. The number of carbonyl (C=O) groups excluding carboxylic acids is 2. The quantitative estimate of drug-likeness (QED) is 0.819. The molecule has 0 aromatic carbocycles. The maximum atomic E-state index is 13.2. The summed E-state index contributed by atoms with van der Waals surface area (Å²) in [6.07, 6.45) is 6.78. The Balaban J connectivity index is 1.72. The minimum Gasteiger partial charge on any atom is -0.388 e. The zero-order valence-electron chi connectivity index (χ0n) is 17.0. The third-order valence-electron chi connectivity index (χ3n) is 8.63. The van der Waals surface area contributed by atoms with E-state index in [9.17, 15) is 14.7 Å². The molecule has 0 saturated heterocycles. The normalized spacial score (nSPS) is 42.2. The van der Waals surface area contributed by atoms with Crippen LogP contribution in [0.1, 0.15) is 65.7 Å². The van der Waals surface area contributed by atoms with Crippen molar-refractivity contribution in [2.24, 2.45) is 22.7 Å². The number of ether oxygens (including phenoxy) is 1. The van der Waals surface area contributed by atoms with Gasteiger partial charge in [0.25, 0.3) is 0 Å². The van der Waals surface area contributed by atoms with Gasteiger partial charge in [-0.05, 0) is 79.9 Å². The molecule has 0 heterocycles. The van der Waals surface area contributed by atoms with E-state index in [1.54, 1.807) is 13.2 Å². The molecule has 27 heavy (non-hydrogen) atoms. The molecular formula is C23H32O4. The number of carbonyl (C=O) groups is 2. The summed E-state index contributed by atoms with van der Waals surface area (Å²) in [6, 6.07) is 0. The van der Waals surface area contributed by atoms with Crippen molar-refractivity contribution in [3.8, 4) is 0 Å². The van der Waals surface area contributed by atoms with Crippen LogP contribution in [0.2, 0.25) is 0 Å². The molecule has 1 N–H and O–H groups in total. The molecule has 0 aromatic rings. The number of hydrogen-bond donors (Lipinski definition) is 1. The number of allylic oxidation sites excluding steroid dienone is 2. The largest absolute Gasteiger partial charge is 0.388 e. The van der Waals surface area contributed by atoms with E-state index in [2.05, 4.69) is 13.8 Å². The van der Waals surface area contributed by atoms with E-state index < -0.39 is 6.10 Å². The molecule has 148 valence electrons. The number of aliphatic hydroxyl groups is 1. The van der Waals surface area contributed by atoms with Crippen LogP contribution in [0.25, 0.3) is 0 Å². The van der Waals surface area contributed by atoms with Gasteiger partial charge in [0, 0.05) is 18.9 Å². The Hall–Kier alpha value is -1.26. The van der Waals surface area contributed by atoms with Gasteiger partial charge in [-0.2, -0.15) is 0 Å². The molecule has 0 bridgehead atoms. The molecule has 2 saturated carbocycles. The highest BCUT2D eigenvalue weighted by Gasteiger charge is 2.62. The Labute approximate surface area is 162 Å². The molecule has 0 radical (unpaired) electrons. The highest BCUT2D eigenvalue weighted by Crippen LogP contribution is 2.67. The second-order valence-corrected chi connectivity index (χ2v) is 9.58. The summed E-state index contributed by atoms with van der Waals surface area (Å²) in [5.41, 5.74) is 3.14. The lowest BCUT2D eigenvalue weighted by atomic mass is 9.51. The topological polar surface area (TPSA) is 63.6 Å². The van der Waals surface area contributed by atoms with Crippen LogP contribution in [0.15, 0.2) is 22.8 Å². The number of fused-ring (bicyclic) bond motifs is 4. The van der Waals surface area contributed by atoms with Gasteiger partial charge in [-0.15, -0.1) is 0 Å². The SMILES string of the molecule is CO[C@@H](C)C(=O)[C@@]1(C)CCC2C3CCC4=CC(=O)C[C@H](O)C4=C3CC[C@@]21C. The Morgan fingerprint density at radius 1 is 1.26 bits per heavy atom. The molecule has 0 amide bonds. The Bertz CT molecular complexity index is 747. The summed E-state index contributed by atoms with van der Waals surface area (Å²) in [4.78, 5) is 25.1. The van der Waals surface area contributed by atoms with E-state index in [-0.39, 0.29) is 34.9 Å². The van der Waals surface area contributed by atoms with Gasteiger partial charge in [-0.1, -0.05) is 19.4 Å². The first-order chi connectivity index (χ1) is 12.7. The van der Waals surface area contributed by atoms with E-state index in [1.165, 1.54) is 5.57 Å². The maximum Gasteiger partial charge on any atom is 0.167 e. The molecule has 0 aliphatic heterocycles. The van der Waals surface area contributed by atoms with Crippen LogP contribution in [-0.4, -0.2) is 36.0 Å². The monoisotopic (exact) mass is 372 g/mol. The summed E-state index contributed by atoms with van der Waals surface area (Å²) in [5, 5.41) is 10.6. The van der Waals surface area contributed by atoms with Crippen molar-refractivity contribution in [1.29, 1.82) is 0 Å². The van der Waals surface area contributed by atoms with E-state index in [0.29, 0.717) is 11.8 Å². The van der Waals surface area contributed by atoms with Crippen molar-refractivity contribution in [2.75, 3.05) is 7.11 Å². The molecule has 4 nitrogen and oxygen atoms in total. The first kappa shape index (κ1) is 19.1. The summed E-state index contributed by atoms with van der Waals surface area (Å²) < 4.78 is 5.38. The number of methoxy groups -OCH3 is 1. The van der Waals surface area contributed by atoms with Gasteiger partial charge in [0.2, 0.25) is 0 Å². The number of rotatable bonds is 3. The fourth-order valence-electron chi connectivity index (χ4n) is 6.83. The first-order valence-electron chi connectivity index (χ1n) is 10.4. The van der Waals surface area contributed by atoms with Crippen LogP contribution in [-0.2, 0) is 14.3 Å². The number of hydrogen-bond acceptors (Lipinski definition) is 4. The fraction of sp³-hybridized carbons (Fsp3) is 0.739. The van der Waals surface area contributed by atoms with Crippen LogP contribution in [0.5, 0.6) is 0 Å². The smallest absolute Gasteiger partial charge is 0.167 e. The predicted molar refractivity (Wildman–Crippen MR) is 103 cm³/mol. The van der Waals surface area contributed by atoms with Crippen molar-refractivity contribution < 1.29 is 19.4 Å². The van der Waals surface area contributed by atoms with Crippen LogP contribution in [0, 0.1) is 22.7 Å². The van der Waals surface area contributed by atoms with Crippen LogP contribution in [0.3, 0.4) is 0 Å². The minimum absolute atomic E-state index is 0.0255. The Kier molecular flexibility index (Phi) is 4.51. The zero-order chi connectivity index (χ0) is 19.6. The molecule has 2 unspecified atom stereocenters. The van der Waals surface area contributed by atoms with Gasteiger partial charge in [-0.25, -0.2) is 0 Å². The number of ketones is 2. The minimum atomic E-state index is -0.636.